The molecule has 0 aliphatic carbocycles. The van der Waals surface area contributed by atoms with Crippen LogP contribution in [0.25, 0.3) is 16.8 Å². The number of benzene rings is 2. The molecule has 0 unspecified atom stereocenters. The summed E-state index contributed by atoms with van der Waals surface area (Å²) < 4.78 is 6.56. The standard InChI is InChI=1S/C26H25Br2N5S/c1-2-14-29-25(34)24-23(17-6-8-18(27)9-7-17)21-5-3-4-15-32-22(31-33(24)26(21)32)16-30-20-12-10-19(28)11-13-20/h2,6-13,30H,1,3-5,14-16H2,(H,29,34). The highest BCUT2D eigenvalue weighted by Gasteiger charge is 2.28. The molecule has 0 spiro atoms. The van der Waals surface area contributed by atoms with Crippen LogP contribution in [0.1, 0.15) is 29.9 Å². The lowest BCUT2D eigenvalue weighted by atomic mass is 9.98. The number of aromatic nitrogens is 3. The molecular weight excluding hydrogens is 574 g/mol. The van der Waals surface area contributed by atoms with Gasteiger partial charge in [0, 0.05) is 38.8 Å². The summed E-state index contributed by atoms with van der Waals surface area (Å²) in [6, 6.07) is 16.7. The van der Waals surface area contributed by atoms with Crippen molar-refractivity contribution >= 4 is 60.4 Å². The normalized spacial score (nSPS) is 13.0. The maximum atomic E-state index is 5.89. The van der Waals surface area contributed by atoms with E-state index in [0.29, 0.717) is 18.1 Å². The quantitative estimate of drug-likeness (QED) is 0.183. The van der Waals surface area contributed by atoms with Crippen molar-refractivity contribution in [3.8, 4) is 11.1 Å². The number of hydrogen-bond acceptors (Lipinski definition) is 3. The summed E-state index contributed by atoms with van der Waals surface area (Å²) in [5.74, 6) is 1.01. The van der Waals surface area contributed by atoms with Gasteiger partial charge in [-0.05, 0) is 61.2 Å². The third kappa shape index (κ3) is 4.46. The Morgan fingerprint density at radius 3 is 2.47 bits per heavy atom. The van der Waals surface area contributed by atoms with E-state index in [0.717, 1.165) is 63.2 Å². The lowest BCUT2D eigenvalue weighted by Crippen LogP contribution is -2.24. The molecule has 0 saturated carbocycles. The second-order valence-electron chi connectivity index (χ2n) is 8.33. The van der Waals surface area contributed by atoms with Crippen molar-refractivity contribution in [1.82, 2.24) is 19.5 Å². The zero-order valence-corrected chi connectivity index (χ0v) is 22.6. The zero-order valence-electron chi connectivity index (χ0n) is 18.7. The first-order chi connectivity index (χ1) is 16.6. The molecule has 1 aliphatic heterocycles. The molecule has 0 bridgehead atoms. The summed E-state index contributed by atoms with van der Waals surface area (Å²) in [4.78, 5) is 0.691. The van der Waals surface area contributed by atoms with E-state index >= 15 is 0 Å². The molecule has 5 nitrogen and oxygen atoms in total. The van der Waals surface area contributed by atoms with E-state index in [4.69, 9.17) is 17.3 Å². The van der Waals surface area contributed by atoms with Gasteiger partial charge in [0.05, 0.1) is 6.54 Å². The van der Waals surface area contributed by atoms with Gasteiger partial charge in [0.25, 0.3) is 0 Å². The maximum Gasteiger partial charge on any atom is 0.150 e. The van der Waals surface area contributed by atoms with Gasteiger partial charge < -0.3 is 15.2 Å². The average Bonchev–Trinajstić information content (AvgIpc) is 3.24. The first-order valence-corrected chi connectivity index (χ1v) is 13.3. The summed E-state index contributed by atoms with van der Waals surface area (Å²) in [6.45, 7) is 6.04. The average molecular weight is 599 g/mol. The molecule has 0 fully saturated rings. The van der Waals surface area contributed by atoms with E-state index < -0.39 is 0 Å². The van der Waals surface area contributed by atoms with Crippen LogP contribution in [0.15, 0.2) is 70.1 Å². The predicted molar refractivity (Wildman–Crippen MR) is 151 cm³/mol. The molecule has 0 atom stereocenters. The molecule has 2 N–H and O–H groups in total. The molecule has 4 aromatic rings. The van der Waals surface area contributed by atoms with Crippen LogP contribution in [0.3, 0.4) is 0 Å². The molecular formula is C26H25Br2N5S. The second kappa shape index (κ2) is 10.1. The number of aryl methyl sites for hydroxylation is 2. The summed E-state index contributed by atoms with van der Waals surface area (Å²) in [7, 11) is 0. The molecule has 1 aliphatic rings. The zero-order chi connectivity index (χ0) is 23.7. The lowest BCUT2D eigenvalue weighted by Gasteiger charge is -2.11. The van der Waals surface area contributed by atoms with Crippen molar-refractivity contribution in [2.45, 2.75) is 32.4 Å². The molecule has 8 heteroatoms. The Labute approximate surface area is 221 Å². The largest absolute Gasteiger partial charge is 0.378 e. The minimum Gasteiger partial charge on any atom is -0.378 e. The fourth-order valence-electron chi connectivity index (χ4n) is 4.57. The Morgan fingerprint density at radius 2 is 1.76 bits per heavy atom. The summed E-state index contributed by atoms with van der Waals surface area (Å²) >= 11 is 13.0. The van der Waals surface area contributed by atoms with Crippen LogP contribution < -0.4 is 10.6 Å². The van der Waals surface area contributed by atoms with Crippen molar-refractivity contribution in [3.05, 3.63) is 87.2 Å². The van der Waals surface area contributed by atoms with Crippen molar-refractivity contribution in [3.63, 3.8) is 0 Å². The molecule has 34 heavy (non-hydrogen) atoms. The number of halogens is 2. The SMILES string of the molecule is C=CCNC(=S)c1c(-c2ccc(Br)cc2)c2c3n(c(CNc4ccc(Br)cc4)nn13)CCCC2. The fourth-order valence-corrected chi connectivity index (χ4v) is 5.37. The highest BCUT2D eigenvalue weighted by Crippen LogP contribution is 2.37. The first-order valence-electron chi connectivity index (χ1n) is 11.3. The van der Waals surface area contributed by atoms with E-state index in [-0.39, 0.29) is 0 Å². The second-order valence-corrected chi connectivity index (χ2v) is 10.6. The van der Waals surface area contributed by atoms with E-state index in [1.165, 1.54) is 11.1 Å². The van der Waals surface area contributed by atoms with E-state index in [1.54, 1.807) is 0 Å². The third-order valence-corrected chi connectivity index (χ3v) is 7.51. The van der Waals surface area contributed by atoms with Gasteiger partial charge in [-0.15, -0.1) is 6.58 Å². The van der Waals surface area contributed by atoms with Gasteiger partial charge in [0.1, 0.15) is 16.3 Å². The highest BCUT2D eigenvalue weighted by molar-refractivity contribution is 9.10. The van der Waals surface area contributed by atoms with Crippen molar-refractivity contribution < 1.29 is 0 Å². The van der Waals surface area contributed by atoms with E-state index in [2.05, 4.69) is 94.6 Å². The van der Waals surface area contributed by atoms with Crippen LogP contribution in [0, 0.1) is 0 Å². The summed E-state index contributed by atoms with van der Waals surface area (Å²) in [5, 5.41) is 12.0. The van der Waals surface area contributed by atoms with Crippen LogP contribution >= 0.6 is 44.1 Å². The maximum absolute atomic E-state index is 5.89. The number of hydrogen-bond donors (Lipinski definition) is 2. The summed E-state index contributed by atoms with van der Waals surface area (Å²) in [5.41, 5.74) is 6.83. The van der Waals surface area contributed by atoms with Gasteiger partial charge in [-0.1, -0.05) is 62.3 Å². The van der Waals surface area contributed by atoms with E-state index in [9.17, 15) is 0 Å². The molecule has 0 saturated heterocycles. The minimum atomic E-state index is 0.611. The molecule has 0 radical (unpaired) electrons. The molecule has 2 aromatic heterocycles. The van der Waals surface area contributed by atoms with Crippen molar-refractivity contribution in [1.29, 1.82) is 0 Å². The minimum absolute atomic E-state index is 0.611. The third-order valence-electron chi connectivity index (χ3n) is 6.11. The summed E-state index contributed by atoms with van der Waals surface area (Å²) in [6.07, 6.45) is 5.09. The number of anilines is 1. The van der Waals surface area contributed by atoms with Crippen LogP contribution in [-0.2, 0) is 19.5 Å². The number of rotatable bonds is 7. The van der Waals surface area contributed by atoms with Gasteiger partial charge in [0.15, 0.2) is 5.82 Å². The smallest absolute Gasteiger partial charge is 0.150 e. The number of nitrogens with one attached hydrogen (secondary N) is 2. The molecule has 5 rings (SSSR count). The Hall–Kier alpha value is -2.42. The molecule has 174 valence electrons. The Morgan fingerprint density at radius 1 is 1.06 bits per heavy atom. The van der Waals surface area contributed by atoms with Crippen molar-refractivity contribution in [2.75, 3.05) is 11.9 Å². The lowest BCUT2D eigenvalue weighted by molar-refractivity contribution is 0.619. The molecule has 2 aromatic carbocycles. The molecule has 3 heterocycles. The van der Waals surface area contributed by atoms with Gasteiger partial charge in [-0.2, -0.15) is 5.10 Å². The van der Waals surface area contributed by atoms with Crippen molar-refractivity contribution in [2.24, 2.45) is 0 Å². The number of nitrogens with zero attached hydrogens (tertiary/aromatic N) is 3. The van der Waals surface area contributed by atoms with Crippen LogP contribution in [0.4, 0.5) is 5.69 Å². The Balaban J connectivity index is 1.64. The van der Waals surface area contributed by atoms with Crippen LogP contribution in [-0.4, -0.2) is 25.7 Å². The van der Waals surface area contributed by atoms with Gasteiger partial charge >= 0.3 is 0 Å². The molecule has 0 amide bonds. The Kier molecular flexibility index (Phi) is 6.90. The highest BCUT2D eigenvalue weighted by atomic mass is 79.9. The van der Waals surface area contributed by atoms with Crippen LogP contribution in [0.2, 0.25) is 0 Å². The van der Waals surface area contributed by atoms with Gasteiger partial charge in [0.2, 0.25) is 0 Å². The number of thiocarbonyl (C=S) groups is 1. The monoisotopic (exact) mass is 597 g/mol. The van der Waals surface area contributed by atoms with Gasteiger partial charge in [-0.25, -0.2) is 4.52 Å². The van der Waals surface area contributed by atoms with Crippen LogP contribution in [0.5, 0.6) is 0 Å². The predicted octanol–water partition coefficient (Wildman–Crippen LogP) is 6.73. The fraction of sp³-hybridized carbons (Fsp3) is 0.231. The topological polar surface area (TPSA) is 46.3 Å². The Bertz CT molecular complexity index is 1350. The van der Waals surface area contributed by atoms with E-state index in [1.807, 2.05) is 18.2 Å². The first kappa shape index (κ1) is 23.3. The van der Waals surface area contributed by atoms with Gasteiger partial charge in [-0.3, -0.25) is 0 Å².